The summed E-state index contributed by atoms with van der Waals surface area (Å²) >= 11 is 0. The lowest BCUT2D eigenvalue weighted by Crippen LogP contribution is -2.49. The highest BCUT2D eigenvalue weighted by Gasteiger charge is 2.22. The van der Waals surface area contributed by atoms with Crippen molar-refractivity contribution in [3.63, 3.8) is 0 Å². The first-order valence-corrected chi connectivity index (χ1v) is 10.7. The first-order chi connectivity index (χ1) is 14.6. The molecule has 6 nitrogen and oxygen atoms in total. The number of β-amino-alcohol motifs (C(OH)–C–C–N with tert-alkyl or cyclic N) is 1. The van der Waals surface area contributed by atoms with Crippen molar-refractivity contribution in [1.82, 2.24) is 4.90 Å². The molecule has 1 saturated heterocycles. The van der Waals surface area contributed by atoms with Crippen molar-refractivity contribution in [2.45, 2.75) is 25.4 Å². The molecule has 1 heterocycles. The van der Waals surface area contributed by atoms with Gasteiger partial charge in [-0.25, -0.2) is 0 Å². The van der Waals surface area contributed by atoms with Crippen LogP contribution in [0.2, 0.25) is 0 Å². The zero-order chi connectivity index (χ0) is 20.9. The third-order valence-corrected chi connectivity index (χ3v) is 5.97. The van der Waals surface area contributed by atoms with Crippen LogP contribution in [0.4, 0.5) is 5.69 Å². The normalized spacial score (nSPS) is 18.1. The highest BCUT2D eigenvalue weighted by atomic mass is 16.5. The molecule has 2 aromatic rings. The van der Waals surface area contributed by atoms with Gasteiger partial charge in [-0.3, -0.25) is 9.69 Å². The van der Waals surface area contributed by atoms with Gasteiger partial charge < -0.3 is 19.5 Å². The molecule has 30 heavy (non-hydrogen) atoms. The lowest BCUT2D eigenvalue weighted by atomic mass is 9.90. The molecule has 0 amide bonds. The molecule has 1 aliphatic heterocycles. The number of aliphatic hydroxyl groups is 1. The standard InChI is InChI=1S/C24H30N2O4/c1-29-20-10-8-18(9-11-20)26-14-12-25(13-15-26)16-19(27)17-30-24-7-3-4-21-22(24)5-2-6-23(21)28/h3-4,7-11,19,27H,2,5-6,12-17H2,1H3. The number of carbonyl (C=O) groups excluding carboxylic acids is 1. The first-order valence-electron chi connectivity index (χ1n) is 10.7. The number of fused-ring (bicyclic) bond motifs is 1. The lowest BCUT2D eigenvalue weighted by molar-refractivity contribution is 0.0658. The molecule has 2 aliphatic rings. The second-order valence-electron chi connectivity index (χ2n) is 8.01. The number of piperazine rings is 1. The van der Waals surface area contributed by atoms with Gasteiger partial charge in [-0.15, -0.1) is 0 Å². The molecule has 0 radical (unpaired) electrons. The number of hydrogen-bond acceptors (Lipinski definition) is 6. The van der Waals surface area contributed by atoms with Crippen molar-refractivity contribution in [2.75, 3.05) is 51.3 Å². The van der Waals surface area contributed by atoms with Gasteiger partial charge in [0.2, 0.25) is 0 Å². The van der Waals surface area contributed by atoms with Gasteiger partial charge in [0, 0.05) is 56.0 Å². The second kappa shape index (κ2) is 9.49. The third kappa shape index (κ3) is 4.77. The molecular weight excluding hydrogens is 380 g/mol. The van der Waals surface area contributed by atoms with Crippen LogP contribution in [0.15, 0.2) is 42.5 Å². The first kappa shape index (κ1) is 20.7. The summed E-state index contributed by atoms with van der Waals surface area (Å²) in [5, 5.41) is 10.5. The van der Waals surface area contributed by atoms with Crippen LogP contribution in [0.5, 0.6) is 11.5 Å². The van der Waals surface area contributed by atoms with Crippen LogP contribution in [0.1, 0.15) is 28.8 Å². The molecule has 1 aliphatic carbocycles. The maximum Gasteiger partial charge on any atom is 0.163 e. The highest BCUT2D eigenvalue weighted by Crippen LogP contribution is 2.29. The van der Waals surface area contributed by atoms with Gasteiger partial charge in [0.15, 0.2) is 5.78 Å². The number of carbonyl (C=O) groups is 1. The van der Waals surface area contributed by atoms with Gasteiger partial charge in [0.05, 0.1) is 7.11 Å². The van der Waals surface area contributed by atoms with Crippen LogP contribution < -0.4 is 14.4 Å². The average molecular weight is 411 g/mol. The van der Waals surface area contributed by atoms with E-state index in [9.17, 15) is 9.90 Å². The topological polar surface area (TPSA) is 62.2 Å². The summed E-state index contributed by atoms with van der Waals surface area (Å²) in [5.41, 5.74) is 2.97. The molecule has 1 unspecified atom stereocenters. The molecule has 0 aromatic heterocycles. The van der Waals surface area contributed by atoms with E-state index in [1.807, 2.05) is 30.3 Å². The van der Waals surface area contributed by atoms with Crippen molar-refractivity contribution in [3.05, 3.63) is 53.6 Å². The Morgan fingerprint density at radius 1 is 1.03 bits per heavy atom. The number of methoxy groups -OCH3 is 1. The fourth-order valence-corrected chi connectivity index (χ4v) is 4.30. The lowest BCUT2D eigenvalue weighted by Gasteiger charge is -2.37. The average Bonchev–Trinajstić information content (AvgIpc) is 2.79. The van der Waals surface area contributed by atoms with Gasteiger partial charge >= 0.3 is 0 Å². The number of rotatable bonds is 7. The fraction of sp³-hybridized carbons (Fsp3) is 0.458. The van der Waals surface area contributed by atoms with Gasteiger partial charge in [-0.1, -0.05) is 12.1 Å². The number of anilines is 1. The molecular formula is C24H30N2O4. The van der Waals surface area contributed by atoms with Crippen molar-refractivity contribution in [1.29, 1.82) is 0 Å². The Morgan fingerprint density at radius 3 is 2.53 bits per heavy atom. The molecule has 6 heteroatoms. The fourth-order valence-electron chi connectivity index (χ4n) is 4.30. The van der Waals surface area contributed by atoms with Crippen LogP contribution >= 0.6 is 0 Å². The summed E-state index contributed by atoms with van der Waals surface area (Å²) in [6.07, 6.45) is 1.78. The highest BCUT2D eigenvalue weighted by molar-refractivity contribution is 5.99. The number of ether oxygens (including phenoxy) is 2. The van der Waals surface area contributed by atoms with Crippen molar-refractivity contribution >= 4 is 11.5 Å². The monoisotopic (exact) mass is 410 g/mol. The summed E-state index contributed by atoms with van der Waals surface area (Å²) < 4.78 is 11.1. The Kier molecular flexibility index (Phi) is 6.55. The van der Waals surface area contributed by atoms with Gasteiger partial charge in [0.1, 0.15) is 24.2 Å². The Labute approximate surface area is 178 Å². The number of ketones is 1. The molecule has 2 aromatic carbocycles. The molecule has 1 N–H and O–H groups in total. The van der Waals surface area contributed by atoms with Crippen LogP contribution in [-0.4, -0.2) is 68.3 Å². The van der Waals surface area contributed by atoms with E-state index in [1.165, 1.54) is 5.69 Å². The van der Waals surface area contributed by atoms with E-state index in [2.05, 4.69) is 21.9 Å². The molecule has 4 rings (SSSR count). The van der Waals surface area contributed by atoms with Gasteiger partial charge in [-0.05, 0) is 43.2 Å². The molecule has 1 atom stereocenters. The number of benzene rings is 2. The zero-order valence-electron chi connectivity index (χ0n) is 17.5. The smallest absolute Gasteiger partial charge is 0.163 e. The minimum atomic E-state index is -0.562. The minimum Gasteiger partial charge on any atom is -0.497 e. The van der Waals surface area contributed by atoms with E-state index in [1.54, 1.807) is 7.11 Å². The van der Waals surface area contributed by atoms with E-state index in [0.29, 0.717) is 13.0 Å². The summed E-state index contributed by atoms with van der Waals surface area (Å²) in [6.45, 7) is 4.48. The predicted molar refractivity (Wildman–Crippen MR) is 117 cm³/mol. The number of aliphatic hydroxyl groups excluding tert-OH is 1. The van der Waals surface area contributed by atoms with Crippen molar-refractivity contribution in [2.24, 2.45) is 0 Å². The summed E-state index contributed by atoms with van der Waals surface area (Å²) in [5.74, 6) is 1.80. The Balaban J connectivity index is 1.25. The molecule has 160 valence electrons. The maximum absolute atomic E-state index is 12.1. The number of Topliss-reactive ketones (excluding diaryl/α,β-unsaturated/α-hetero) is 1. The summed E-state index contributed by atoms with van der Waals surface area (Å²) in [4.78, 5) is 16.7. The van der Waals surface area contributed by atoms with Gasteiger partial charge in [-0.2, -0.15) is 0 Å². The molecule has 0 saturated carbocycles. The minimum absolute atomic E-state index is 0.192. The summed E-state index contributed by atoms with van der Waals surface area (Å²) in [6, 6.07) is 13.8. The zero-order valence-corrected chi connectivity index (χ0v) is 17.5. The largest absolute Gasteiger partial charge is 0.497 e. The van der Waals surface area contributed by atoms with Crippen LogP contribution in [0, 0.1) is 0 Å². The van der Waals surface area contributed by atoms with E-state index >= 15 is 0 Å². The Bertz CT molecular complexity index is 860. The van der Waals surface area contributed by atoms with Crippen molar-refractivity contribution in [3.8, 4) is 11.5 Å². The van der Waals surface area contributed by atoms with E-state index < -0.39 is 6.10 Å². The molecule has 0 bridgehead atoms. The quantitative estimate of drug-likeness (QED) is 0.757. The number of nitrogens with zero attached hydrogens (tertiary/aromatic N) is 2. The van der Waals surface area contributed by atoms with E-state index in [4.69, 9.17) is 9.47 Å². The second-order valence-corrected chi connectivity index (χ2v) is 8.01. The van der Waals surface area contributed by atoms with E-state index in [-0.39, 0.29) is 12.4 Å². The Hall–Kier alpha value is -2.57. The third-order valence-electron chi connectivity index (χ3n) is 5.97. The predicted octanol–water partition coefficient (Wildman–Crippen LogP) is 2.78. The summed E-state index contributed by atoms with van der Waals surface area (Å²) in [7, 11) is 1.68. The maximum atomic E-state index is 12.1. The Morgan fingerprint density at radius 2 is 1.80 bits per heavy atom. The van der Waals surface area contributed by atoms with Crippen LogP contribution in [0.3, 0.4) is 0 Å². The number of hydrogen-bond donors (Lipinski definition) is 1. The van der Waals surface area contributed by atoms with Crippen LogP contribution in [0.25, 0.3) is 0 Å². The van der Waals surface area contributed by atoms with Crippen LogP contribution in [-0.2, 0) is 6.42 Å². The van der Waals surface area contributed by atoms with Gasteiger partial charge in [0.25, 0.3) is 0 Å². The molecule has 0 spiro atoms. The molecule has 1 fully saturated rings. The SMILES string of the molecule is COc1ccc(N2CCN(CC(O)COc3cccc4c3CCCC4=O)CC2)cc1. The van der Waals surface area contributed by atoms with Crippen molar-refractivity contribution < 1.29 is 19.4 Å². The van der Waals surface area contributed by atoms with E-state index in [0.717, 1.165) is 61.6 Å².